The van der Waals surface area contributed by atoms with Crippen molar-refractivity contribution in [3.05, 3.63) is 54.4 Å². The van der Waals surface area contributed by atoms with Gasteiger partial charge in [-0.05, 0) is 30.3 Å². The average Bonchev–Trinajstić information content (AvgIpc) is 3.13. The first-order valence-corrected chi connectivity index (χ1v) is 6.19. The van der Waals surface area contributed by atoms with Gasteiger partial charge in [-0.15, -0.1) is 0 Å². The highest BCUT2D eigenvalue weighted by Gasteiger charge is 2.12. The van der Waals surface area contributed by atoms with Crippen molar-refractivity contribution in [2.75, 3.05) is 6.54 Å². The second-order valence-electron chi connectivity index (χ2n) is 4.10. The molecular formula is C15H14N2O3. The Bertz CT molecular complexity index is 592. The quantitative estimate of drug-likeness (QED) is 0.757. The Balaban J connectivity index is 2.01. The van der Waals surface area contributed by atoms with Crippen LogP contribution >= 0.6 is 0 Å². The van der Waals surface area contributed by atoms with Gasteiger partial charge in [0.05, 0.1) is 31.6 Å². The molecular weight excluding hydrogens is 256 g/mol. The van der Waals surface area contributed by atoms with Crippen molar-refractivity contribution in [1.29, 1.82) is 5.26 Å². The third kappa shape index (κ3) is 3.89. The smallest absolute Gasteiger partial charge is 0.247 e. The predicted octanol–water partition coefficient (Wildman–Crippen LogP) is 2.83. The Morgan fingerprint density at radius 2 is 2.10 bits per heavy atom. The molecule has 0 atom stereocenters. The summed E-state index contributed by atoms with van der Waals surface area (Å²) in [7, 11) is 0. The van der Waals surface area contributed by atoms with E-state index in [4.69, 9.17) is 14.1 Å². The normalized spacial score (nSPS) is 10.6. The van der Waals surface area contributed by atoms with Crippen LogP contribution in [0.3, 0.4) is 0 Å². The first-order valence-electron chi connectivity index (χ1n) is 6.19. The molecule has 2 aromatic heterocycles. The largest absolute Gasteiger partial charge is 0.467 e. The van der Waals surface area contributed by atoms with E-state index >= 15 is 0 Å². The van der Waals surface area contributed by atoms with Gasteiger partial charge in [0.2, 0.25) is 5.91 Å². The van der Waals surface area contributed by atoms with E-state index in [1.165, 1.54) is 6.08 Å². The van der Waals surface area contributed by atoms with Crippen LogP contribution in [0.1, 0.15) is 17.9 Å². The van der Waals surface area contributed by atoms with Crippen LogP contribution in [-0.2, 0) is 11.3 Å². The number of rotatable bonds is 6. The highest BCUT2D eigenvalue weighted by molar-refractivity contribution is 5.91. The highest BCUT2D eigenvalue weighted by atomic mass is 16.3. The summed E-state index contributed by atoms with van der Waals surface area (Å²) in [4.78, 5) is 13.7. The van der Waals surface area contributed by atoms with Gasteiger partial charge in [-0.1, -0.05) is 0 Å². The molecule has 102 valence electrons. The molecule has 2 aromatic rings. The maximum Gasteiger partial charge on any atom is 0.247 e. The SMILES string of the molecule is N#CCCN(Cc1ccco1)C(=O)C=Cc1ccco1. The zero-order chi connectivity index (χ0) is 14.2. The van der Waals surface area contributed by atoms with Gasteiger partial charge in [0, 0.05) is 12.6 Å². The number of nitrogens with zero attached hydrogens (tertiary/aromatic N) is 2. The van der Waals surface area contributed by atoms with Gasteiger partial charge in [0.1, 0.15) is 11.5 Å². The third-order valence-corrected chi connectivity index (χ3v) is 2.67. The number of hydrogen-bond donors (Lipinski definition) is 0. The monoisotopic (exact) mass is 270 g/mol. The molecule has 0 fully saturated rings. The van der Waals surface area contributed by atoms with Gasteiger partial charge >= 0.3 is 0 Å². The van der Waals surface area contributed by atoms with Crippen LogP contribution in [0.5, 0.6) is 0 Å². The van der Waals surface area contributed by atoms with Crippen LogP contribution in [0.25, 0.3) is 6.08 Å². The van der Waals surface area contributed by atoms with Crippen molar-refractivity contribution in [2.45, 2.75) is 13.0 Å². The predicted molar refractivity (Wildman–Crippen MR) is 72.1 cm³/mol. The molecule has 5 heteroatoms. The highest BCUT2D eigenvalue weighted by Crippen LogP contribution is 2.08. The van der Waals surface area contributed by atoms with E-state index in [0.717, 1.165) is 0 Å². The molecule has 2 rings (SSSR count). The lowest BCUT2D eigenvalue weighted by molar-refractivity contribution is -0.126. The number of carbonyl (C=O) groups is 1. The van der Waals surface area contributed by atoms with E-state index in [2.05, 4.69) is 0 Å². The molecule has 2 heterocycles. The van der Waals surface area contributed by atoms with Crippen LogP contribution in [0, 0.1) is 11.3 Å². The van der Waals surface area contributed by atoms with Gasteiger partial charge < -0.3 is 13.7 Å². The lowest BCUT2D eigenvalue weighted by Gasteiger charge is -2.18. The summed E-state index contributed by atoms with van der Waals surface area (Å²) in [5.41, 5.74) is 0. The summed E-state index contributed by atoms with van der Waals surface area (Å²) in [5, 5.41) is 8.66. The minimum atomic E-state index is -0.187. The van der Waals surface area contributed by atoms with E-state index in [0.29, 0.717) is 24.6 Å². The molecule has 0 unspecified atom stereocenters. The second kappa shape index (κ2) is 7.00. The maximum absolute atomic E-state index is 12.1. The van der Waals surface area contributed by atoms with Gasteiger partial charge in [-0.2, -0.15) is 5.26 Å². The fourth-order valence-corrected chi connectivity index (χ4v) is 1.69. The van der Waals surface area contributed by atoms with E-state index < -0.39 is 0 Å². The molecule has 0 radical (unpaired) electrons. The minimum absolute atomic E-state index is 0.187. The standard InChI is InChI=1S/C15H14N2O3/c16-8-3-9-17(12-14-5-2-11-20-14)15(18)7-6-13-4-1-10-19-13/h1-2,4-7,10-11H,3,9,12H2. The Morgan fingerprint density at radius 3 is 2.75 bits per heavy atom. The maximum atomic E-state index is 12.1. The Kier molecular flexibility index (Phi) is 4.79. The topological polar surface area (TPSA) is 70.4 Å². The zero-order valence-electron chi connectivity index (χ0n) is 10.9. The van der Waals surface area contributed by atoms with Crippen molar-refractivity contribution in [3.63, 3.8) is 0 Å². The van der Waals surface area contributed by atoms with Crippen molar-refractivity contribution in [3.8, 4) is 6.07 Å². The molecule has 0 saturated carbocycles. The van der Waals surface area contributed by atoms with E-state index in [1.54, 1.807) is 47.8 Å². The average molecular weight is 270 g/mol. The van der Waals surface area contributed by atoms with Crippen molar-refractivity contribution in [1.82, 2.24) is 4.90 Å². The van der Waals surface area contributed by atoms with Gasteiger partial charge in [0.25, 0.3) is 0 Å². The Hall–Kier alpha value is -2.74. The summed E-state index contributed by atoms with van der Waals surface area (Å²) in [6.45, 7) is 0.703. The summed E-state index contributed by atoms with van der Waals surface area (Å²) < 4.78 is 10.3. The zero-order valence-corrected chi connectivity index (χ0v) is 10.9. The number of carbonyl (C=O) groups excluding carboxylic acids is 1. The fraction of sp³-hybridized carbons (Fsp3) is 0.200. The lowest BCUT2D eigenvalue weighted by Crippen LogP contribution is -2.29. The van der Waals surface area contributed by atoms with E-state index in [-0.39, 0.29) is 12.3 Å². The summed E-state index contributed by atoms with van der Waals surface area (Å²) in [5.74, 6) is 1.10. The van der Waals surface area contributed by atoms with Crippen molar-refractivity contribution in [2.24, 2.45) is 0 Å². The first kappa shape index (κ1) is 13.7. The van der Waals surface area contributed by atoms with Crippen LogP contribution in [0.2, 0.25) is 0 Å². The van der Waals surface area contributed by atoms with Crippen molar-refractivity contribution < 1.29 is 13.6 Å². The second-order valence-corrected chi connectivity index (χ2v) is 4.10. The van der Waals surface area contributed by atoms with Crippen LogP contribution in [0.4, 0.5) is 0 Å². The van der Waals surface area contributed by atoms with E-state index in [9.17, 15) is 4.79 Å². The third-order valence-electron chi connectivity index (χ3n) is 2.67. The Morgan fingerprint density at radius 1 is 1.30 bits per heavy atom. The molecule has 1 amide bonds. The lowest BCUT2D eigenvalue weighted by atomic mass is 10.3. The molecule has 0 aliphatic heterocycles. The first-order chi connectivity index (χ1) is 9.79. The molecule has 5 nitrogen and oxygen atoms in total. The molecule has 0 bridgehead atoms. The summed E-state index contributed by atoms with van der Waals surface area (Å²) >= 11 is 0. The molecule has 0 aliphatic rings. The van der Waals surface area contributed by atoms with Crippen molar-refractivity contribution >= 4 is 12.0 Å². The molecule has 0 spiro atoms. The van der Waals surface area contributed by atoms with Crippen LogP contribution < -0.4 is 0 Å². The molecule has 0 aromatic carbocycles. The van der Waals surface area contributed by atoms with E-state index in [1.807, 2.05) is 6.07 Å². The Labute approximate surface area is 116 Å². The summed E-state index contributed by atoms with van der Waals surface area (Å²) in [6.07, 6.45) is 6.41. The molecule has 20 heavy (non-hydrogen) atoms. The molecule has 0 N–H and O–H groups in total. The van der Waals surface area contributed by atoms with Crippen LogP contribution in [-0.4, -0.2) is 17.4 Å². The van der Waals surface area contributed by atoms with Gasteiger partial charge in [-0.25, -0.2) is 0 Å². The summed E-state index contributed by atoms with van der Waals surface area (Å²) in [6, 6.07) is 9.10. The number of nitriles is 1. The molecule has 0 saturated heterocycles. The van der Waals surface area contributed by atoms with Gasteiger partial charge in [-0.3, -0.25) is 4.79 Å². The number of furan rings is 2. The fourth-order valence-electron chi connectivity index (χ4n) is 1.69. The van der Waals surface area contributed by atoms with Gasteiger partial charge in [0.15, 0.2) is 0 Å². The number of hydrogen-bond acceptors (Lipinski definition) is 4. The minimum Gasteiger partial charge on any atom is -0.467 e. The van der Waals surface area contributed by atoms with Crippen LogP contribution in [0.15, 0.2) is 51.7 Å². The number of amides is 1. The molecule has 0 aliphatic carbocycles.